The van der Waals surface area contributed by atoms with Crippen molar-refractivity contribution < 1.29 is 24.1 Å². The average molecular weight is 555 g/mol. The molecule has 0 spiro atoms. The molecule has 8 heteroatoms. The summed E-state index contributed by atoms with van der Waals surface area (Å²) >= 11 is 2.15. The maximum Gasteiger partial charge on any atom is 0.341 e. The number of nitrogens with zero attached hydrogens (tertiary/aromatic N) is 1. The third kappa shape index (κ3) is 5.86. The standard InChI is InChI=1S/C24H27FINO5/c1-14(2)21(13-28)27-12-19(24(30)31)23(29)18-9-17(22(32-4)10-20(18)27)8-16(11-25)7-5-6-15(3)26/h5-7,9-12,14,21,28H,8,13H2,1-4H3,(H,30,31)/b7-5-,15-6+,16-11-. The lowest BCUT2D eigenvalue weighted by molar-refractivity contribution is 0.0694. The number of allylic oxidation sites excluding steroid dienone is 5. The number of carbonyl (C=O) groups is 1. The van der Waals surface area contributed by atoms with Gasteiger partial charge in [-0.2, -0.15) is 0 Å². The summed E-state index contributed by atoms with van der Waals surface area (Å²) in [4.78, 5) is 24.7. The van der Waals surface area contributed by atoms with Crippen molar-refractivity contribution in [2.24, 2.45) is 5.92 Å². The zero-order valence-electron chi connectivity index (χ0n) is 18.4. The van der Waals surface area contributed by atoms with Crippen LogP contribution in [0.4, 0.5) is 4.39 Å². The van der Waals surface area contributed by atoms with Gasteiger partial charge in [0.25, 0.3) is 0 Å². The Labute approximate surface area is 199 Å². The fourth-order valence-corrected chi connectivity index (χ4v) is 3.66. The Hall–Kier alpha value is -2.46. The highest BCUT2D eigenvalue weighted by atomic mass is 127. The molecular formula is C24H27FINO5. The number of aromatic nitrogens is 1. The first-order valence-electron chi connectivity index (χ1n) is 10.0. The summed E-state index contributed by atoms with van der Waals surface area (Å²) in [6.45, 7) is 5.47. The molecule has 1 aromatic carbocycles. The Morgan fingerprint density at radius 1 is 1.34 bits per heavy atom. The molecule has 2 rings (SSSR count). The van der Waals surface area contributed by atoms with E-state index in [1.54, 1.807) is 28.9 Å². The van der Waals surface area contributed by atoms with Crippen LogP contribution in [0, 0.1) is 5.92 Å². The van der Waals surface area contributed by atoms with E-state index in [4.69, 9.17) is 4.74 Å². The van der Waals surface area contributed by atoms with Gasteiger partial charge < -0.3 is 19.5 Å². The predicted octanol–water partition coefficient (Wildman–Crippen LogP) is 5.19. The highest BCUT2D eigenvalue weighted by Gasteiger charge is 2.22. The Balaban J connectivity index is 2.77. The number of ether oxygens (including phenoxy) is 1. The molecule has 1 heterocycles. The molecule has 6 nitrogen and oxygen atoms in total. The van der Waals surface area contributed by atoms with Gasteiger partial charge in [0.15, 0.2) is 0 Å². The smallest absolute Gasteiger partial charge is 0.341 e. The van der Waals surface area contributed by atoms with E-state index >= 15 is 0 Å². The molecule has 32 heavy (non-hydrogen) atoms. The van der Waals surface area contributed by atoms with Crippen LogP contribution in [0.1, 0.15) is 42.7 Å². The number of aliphatic hydroxyl groups is 1. The summed E-state index contributed by atoms with van der Waals surface area (Å²) in [5, 5.41) is 19.7. The highest BCUT2D eigenvalue weighted by Crippen LogP contribution is 2.30. The van der Waals surface area contributed by atoms with Gasteiger partial charge in [0.05, 0.1) is 31.6 Å². The number of aliphatic hydroxyl groups excluding tert-OH is 1. The van der Waals surface area contributed by atoms with Gasteiger partial charge in [-0.25, -0.2) is 9.18 Å². The molecule has 1 aromatic heterocycles. The normalized spacial score (nSPS) is 13.9. The van der Waals surface area contributed by atoms with Crippen molar-refractivity contribution in [3.63, 3.8) is 0 Å². The molecule has 2 aromatic rings. The number of rotatable bonds is 9. The van der Waals surface area contributed by atoms with Gasteiger partial charge >= 0.3 is 5.97 Å². The molecule has 0 aliphatic heterocycles. The van der Waals surface area contributed by atoms with E-state index in [9.17, 15) is 24.2 Å². The lowest BCUT2D eigenvalue weighted by atomic mass is 9.99. The fraction of sp³-hybridized carbons (Fsp3) is 0.333. The maximum atomic E-state index is 13.5. The van der Waals surface area contributed by atoms with Crippen LogP contribution in [0.3, 0.4) is 0 Å². The quantitative estimate of drug-likeness (QED) is 0.329. The summed E-state index contributed by atoms with van der Waals surface area (Å²) in [5.41, 5.74) is 0.314. The second-order valence-corrected chi connectivity index (χ2v) is 9.43. The van der Waals surface area contributed by atoms with Crippen molar-refractivity contribution in [3.05, 3.63) is 73.4 Å². The van der Waals surface area contributed by atoms with Crippen LogP contribution in [0.2, 0.25) is 0 Å². The van der Waals surface area contributed by atoms with Gasteiger partial charge in [-0.15, -0.1) is 0 Å². The number of benzene rings is 1. The van der Waals surface area contributed by atoms with E-state index in [2.05, 4.69) is 22.6 Å². The zero-order valence-corrected chi connectivity index (χ0v) is 20.6. The second-order valence-electron chi connectivity index (χ2n) is 7.73. The van der Waals surface area contributed by atoms with Crippen LogP contribution in [0.15, 0.2) is 56.8 Å². The molecule has 172 valence electrons. The van der Waals surface area contributed by atoms with Gasteiger partial charge in [-0.05, 0) is 56.2 Å². The molecule has 0 fully saturated rings. The third-order valence-electron chi connectivity index (χ3n) is 5.15. The number of carboxylic acids is 1. The lowest BCUT2D eigenvalue weighted by Gasteiger charge is -2.25. The van der Waals surface area contributed by atoms with Crippen molar-refractivity contribution >= 4 is 39.5 Å². The number of pyridine rings is 1. The van der Waals surface area contributed by atoms with Gasteiger partial charge in [0.2, 0.25) is 5.43 Å². The van der Waals surface area contributed by atoms with Gasteiger partial charge in [0, 0.05) is 24.1 Å². The number of fused-ring (bicyclic) bond motifs is 1. The Morgan fingerprint density at radius 3 is 2.53 bits per heavy atom. The average Bonchev–Trinajstić information content (AvgIpc) is 2.73. The highest BCUT2D eigenvalue weighted by molar-refractivity contribution is 14.1. The number of hydrogen-bond acceptors (Lipinski definition) is 4. The van der Waals surface area contributed by atoms with Crippen LogP contribution in [-0.4, -0.2) is 34.5 Å². The third-order valence-corrected chi connectivity index (χ3v) is 5.51. The van der Waals surface area contributed by atoms with Crippen LogP contribution < -0.4 is 10.2 Å². The SMILES string of the molecule is COc1cc2c(cc1CC(/C=C\C=C(/C)I)=C\F)c(=O)c(C(=O)O)cn2C(CO)C(C)C. The van der Waals surface area contributed by atoms with Crippen molar-refractivity contribution in [1.82, 2.24) is 4.57 Å². The molecule has 0 radical (unpaired) electrons. The lowest BCUT2D eigenvalue weighted by Crippen LogP contribution is -2.25. The zero-order chi connectivity index (χ0) is 24.0. The van der Waals surface area contributed by atoms with E-state index in [-0.39, 0.29) is 24.3 Å². The number of aromatic carboxylic acids is 1. The van der Waals surface area contributed by atoms with Gasteiger partial charge in [-0.1, -0.05) is 32.1 Å². The summed E-state index contributed by atoms with van der Waals surface area (Å²) in [7, 11) is 1.47. The van der Waals surface area contributed by atoms with Crippen molar-refractivity contribution in [1.29, 1.82) is 0 Å². The van der Waals surface area contributed by atoms with Crippen LogP contribution >= 0.6 is 22.6 Å². The summed E-state index contributed by atoms with van der Waals surface area (Å²) < 4.78 is 21.7. The Bertz CT molecular complexity index is 1140. The van der Waals surface area contributed by atoms with Crippen molar-refractivity contribution in [3.8, 4) is 5.75 Å². The number of carboxylic acid groups (broad SMARTS) is 1. The minimum absolute atomic E-state index is 0.0290. The van der Waals surface area contributed by atoms with E-state index in [1.165, 1.54) is 13.3 Å². The van der Waals surface area contributed by atoms with Crippen LogP contribution in [-0.2, 0) is 6.42 Å². The van der Waals surface area contributed by atoms with Crippen LogP contribution in [0.25, 0.3) is 10.9 Å². The molecule has 0 bridgehead atoms. The molecule has 0 saturated carbocycles. The predicted molar refractivity (Wildman–Crippen MR) is 132 cm³/mol. The van der Waals surface area contributed by atoms with Crippen molar-refractivity contribution in [2.45, 2.75) is 33.2 Å². The Morgan fingerprint density at radius 2 is 2.03 bits per heavy atom. The largest absolute Gasteiger partial charge is 0.496 e. The number of hydrogen-bond donors (Lipinski definition) is 2. The van der Waals surface area contributed by atoms with Crippen LogP contribution in [0.5, 0.6) is 5.75 Å². The molecule has 0 saturated heterocycles. The van der Waals surface area contributed by atoms with E-state index in [0.29, 0.717) is 28.7 Å². The summed E-state index contributed by atoms with van der Waals surface area (Å²) in [6.07, 6.45) is 7.08. The van der Waals surface area contributed by atoms with E-state index in [1.807, 2.05) is 26.8 Å². The molecular weight excluding hydrogens is 528 g/mol. The molecule has 0 aliphatic carbocycles. The number of halogens is 2. The van der Waals surface area contributed by atoms with E-state index < -0.39 is 23.0 Å². The minimum Gasteiger partial charge on any atom is -0.496 e. The topological polar surface area (TPSA) is 88.8 Å². The monoisotopic (exact) mass is 555 g/mol. The van der Waals surface area contributed by atoms with Gasteiger partial charge in [0.1, 0.15) is 11.3 Å². The second kappa shape index (κ2) is 11.4. The molecule has 1 unspecified atom stereocenters. The molecule has 2 N–H and O–H groups in total. The Kier molecular flexibility index (Phi) is 9.21. The van der Waals surface area contributed by atoms with Crippen molar-refractivity contribution in [2.75, 3.05) is 13.7 Å². The number of methoxy groups -OCH3 is 1. The van der Waals surface area contributed by atoms with Gasteiger partial charge in [-0.3, -0.25) is 4.79 Å². The minimum atomic E-state index is -1.35. The first-order chi connectivity index (χ1) is 15.1. The first kappa shape index (κ1) is 25.8. The fourth-order valence-electron chi connectivity index (χ4n) is 3.45. The molecule has 1 atom stereocenters. The summed E-state index contributed by atoms with van der Waals surface area (Å²) in [6, 6.07) is 2.74. The molecule has 0 amide bonds. The first-order valence-corrected chi connectivity index (χ1v) is 11.1. The molecule has 0 aliphatic rings. The van der Waals surface area contributed by atoms with E-state index in [0.717, 1.165) is 3.58 Å². The maximum absolute atomic E-state index is 13.5. The summed E-state index contributed by atoms with van der Waals surface area (Å²) in [5.74, 6) is -0.946.